The van der Waals surface area contributed by atoms with Crippen molar-refractivity contribution >= 4 is 29.1 Å². The van der Waals surface area contributed by atoms with Gasteiger partial charge in [0.05, 0.1) is 5.56 Å². The zero-order valence-electron chi connectivity index (χ0n) is 12.7. The third-order valence-corrected chi connectivity index (χ3v) is 3.87. The number of nitrogens with one attached hydrogen (secondary N) is 2. The first-order valence-electron chi connectivity index (χ1n) is 7.24. The first-order valence-corrected chi connectivity index (χ1v) is 8.18. The van der Waals surface area contributed by atoms with Crippen LogP contribution in [0.5, 0.6) is 0 Å². The van der Waals surface area contributed by atoms with Crippen molar-refractivity contribution in [1.82, 2.24) is 20.1 Å². The van der Waals surface area contributed by atoms with Gasteiger partial charge in [0.25, 0.3) is 5.91 Å². The Labute approximate surface area is 142 Å². The molecule has 0 unspecified atom stereocenters. The van der Waals surface area contributed by atoms with E-state index in [4.69, 9.17) is 0 Å². The second-order valence-corrected chi connectivity index (χ2v) is 5.77. The number of carbonyl (C=O) groups excluding carboxylic acids is 2. The lowest BCUT2D eigenvalue weighted by Crippen LogP contribution is -2.27. The molecule has 0 radical (unpaired) electrons. The highest BCUT2D eigenvalue weighted by Crippen LogP contribution is 2.08. The largest absolute Gasteiger partial charge is 0.350 e. The Kier molecular flexibility index (Phi) is 4.97. The van der Waals surface area contributed by atoms with Crippen LogP contribution in [0.25, 0.3) is 0 Å². The van der Waals surface area contributed by atoms with E-state index in [1.807, 2.05) is 35.7 Å². The molecule has 0 aliphatic heterocycles. The van der Waals surface area contributed by atoms with Crippen LogP contribution in [0.3, 0.4) is 0 Å². The van der Waals surface area contributed by atoms with E-state index in [9.17, 15) is 9.59 Å². The Morgan fingerprint density at radius 3 is 2.75 bits per heavy atom. The van der Waals surface area contributed by atoms with Crippen LogP contribution in [0.4, 0.5) is 5.95 Å². The molecular formula is C16H15N5O2S. The molecule has 2 amide bonds. The van der Waals surface area contributed by atoms with Crippen LogP contribution in [0.1, 0.15) is 15.9 Å². The number of hydrogen-bond donors (Lipinski definition) is 2. The van der Waals surface area contributed by atoms with Crippen LogP contribution in [0, 0.1) is 0 Å². The summed E-state index contributed by atoms with van der Waals surface area (Å²) in [5.41, 5.74) is 1.57. The van der Waals surface area contributed by atoms with Crippen LogP contribution < -0.4 is 10.6 Å². The van der Waals surface area contributed by atoms with Gasteiger partial charge in [0, 0.05) is 11.9 Å². The topological polar surface area (TPSA) is 88.9 Å². The SMILES string of the molecule is O=C(Cn1cnc(NC(=O)c2ccsc2)n1)NCc1ccccc1. The number of rotatable bonds is 6. The lowest BCUT2D eigenvalue weighted by atomic mass is 10.2. The van der Waals surface area contributed by atoms with Crippen LogP contribution in [-0.2, 0) is 17.9 Å². The van der Waals surface area contributed by atoms with E-state index in [1.54, 1.807) is 11.4 Å². The highest BCUT2D eigenvalue weighted by Gasteiger charge is 2.10. The number of benzene rings is 1. The van der Waals surface area contributed by atoms with Gasteiger partial charge in [-0.15, -0.1) is 5.10 Å². The van der Waals surface area contributed by atoms with Crippen LogP contribution in [0.2, 0.25) is 0 Å². The third kappa shape index (κ3) is 4.26. The van der Waals surface area contributed by atoms with E-state index < -0.39 is 0 Å². The van der Waals surface area contributed by atoms with Crippen molar-refractivity contribution < 1.29 is 9.59 Å². The Bertz CT molecular complexity index is 814. The van der Waals surface area contributed by atoms with Gasteiger partial charge in [-0.1, -0.05) is 30.3 Å². The molecule has 1 aromatic carbocycles. The van der Waals surface area contributed by atoms with Crippen LogP contribution in [0.15, 0.2) is 53.5 Å². The third-order valence-electron chi connectivity index (χ3n) is 3.18. The fourth-order valence-corrected chi connectivity index (χ4v) is 2.63. The van der Waals surface area contributed by atoms with Crippen LogP contribution in [-0.4, -0.2) is 26.6 Å². The van der Waals surface area contributed by atoms with E-state index in [1.165, 1.54) is 22.3 Å². The van der Waals surface area contributed by atoms with E-state index >= 15 is 0 Å². The number of anilines is 1. The first kappa shape index (κ1) is 15.9. The first-order chi connectivity index (χ1) is 11.7. The summed E-state index contributed by atoms with van der Waals surface area (Å²) in [4.78, 5) is 27.8. The Balaban J connectivity index is 1.50. The summed E-state index contributed by atoms with van der Waals surface area (Å²) < 4.78 is 1.38. The van der Waals surface area contributed by atoms with Crippen molar-refractivity contribution in [1.29, 1.82) is 0 Å². The molecule has 0 spiro atoms. The molecule has 2 aromatic heterocycles. The molecule has 0 bridgehead atoms. The van der Waals surface area contributed by atoms with Gasteiger partial charge >= 0.3 is 0 Å². The maximum absolute atomic E-state index is 11.9. The quantitative estimate of drug-likeness (QED) is 0.717. The standard InChI is InChI=1S/C16H15N5O2S/c22-14(17-8-12-4-2-1-3-5-12)9-21-11-18-16(20-21)19-15(23)13-6-7-24-10-13/h1-7,10-11H,8-9H2,(H,17,22)(H,19,20,23). The fraction of sp³-hybridized carbons (Fsp3) is 0.125. The number of aromatic nitrogens is 3. The summed E-state index contributed by atoms with van der Waals surface area (Å²) in [6.45, 7) is 0.490. The summed E-state index contributed by atoms with van der Waals surface area (Å²) in [7, 11) is 0. The van der Waals surface area contributed by atoms with Gasteiger partial charge in [0.1, 0.15) is 12.9 Å². The Morgan fingerprint density at radius 1 is 1.17 bits per heavy atom. The number of nitrogens with zero attached hydrogens (tertiary/aromatic N) is 3. The van der Waals surface area contributed by atoms with Gasteiger partial charge in [-0.2, -0.15) is 11.3 Å². The molecule has 0 atom stereocenters. The fourth-order valence-electron chi connectivity index (χ4n) is 2.00. The van der Waals surface area contributed by atoms with Crippen LogP contribution >= 0.6 is 11.3 Å². The zero-order valence-corrected chi connectivity index (χ0v) is 13.5. The molecule has 24 heavy (non-hydrogen) atoms. The predicted molar refractivity (Wildman–Crippen MR) is 90.6 cm³/mol. The van der Waals surface area contributed by atoms with Gasteiger partial charge in [-0.3, -0.25) is 14.9 Å². The summed E-state index contributed by atoms with van der Waals surface area (Å²) in [5, 5.41) is 13.0. The van der Waals surface area contributed by atoms with E-state index in [0.717, 1.165) is 5.56 Å². The minimum Gasteiger partial charge on any atom is -0.350 e. The molecule has 2 N–H and O–H groups in total. The lowest BCUT2D eigenvalue weighted by molar-refractivity contribution is -0.122. The van der Waals surface area contributed by atoms with Crippen molar-refractivity contribution in [3.8, 4) is 0 Å². The number of amides is 2. The average Bonchev–Trinajstić information content (AvgIpc) is 3.26. The molecule has 3 rings (SSSR count). The molecule has 7 nitrogen and oxygen atoms in total. The normalized spacial score (nSPS) is 10.3. The van der Waals surface area contributed by atoms with Gasteiger partial charge in [0.2, 0.25) is 11.9 Å². The second-order valence-electron chi connectivity index (χ2n) is 4.99. The Hall–Kier alpha value is -3.00. The number of carbonyl (C=O) groups is 2. The van der Waals surface area contributed by atoms with Crippen molar-refractivity contribution in [3.05, 3.63) is 64.6 Å². The smallest absolute Gasteiger partial charge is 0.258 e. The van der Waals surface area contributed by atoms with Gasteiger partial charge in [-0.25, -0.2) is 9.67 Å². The molecule has 3 aromatic rings. The van der Waals surface area contributed by atoms with Gasteiger partial charge in [-0.05, 0) is 17.0 Å². The maximum Gasteiger partial charge on any atom is 0.258 e. The van der Waals surface area contributed by atoms with Gasteiger partial charge in [0.15, 0.2) is 0 Å². The zero-order chi connectivity index (χ0) is 16.8. The summed E-state index contributed by atoms with van der Waals surface area (Å²) in [6.07, 6.45) is 1.41. The van der Waals surface area contributed by atoms with E-state index in [2.05, 4.69) is 20.7 Å². The molecule has 0 aliphatic rings. The highest BCUT2D eigenvalue weighted by atomic mass is 32.1. The van der Waals surface area contributed by atoms with Crippen molar-refractivity contribution in [2.75, 3.05) is 5.32 Å². The minimum absolute atomic E-state index is 0.0359. The molecular weight excluding hydrogens is 326 g/mol. The van der Waals surface area contributed by atoms with Crippen molar-refractivity contribution in [2.24, 2.45) is 0 Å². The maximum atomic E-state index is 11.9. The summed E-state index contributed by atoms with van der Waals surface area (Å²) in [6, 6.07) is 11.4. The molecule has 122 valence electrons. The molecule has 0 aliphatic carbocycles. The van der Waals surface area contributed by atoms with Gasteiger partial charge < -0.3 is 5.32 Å². The Morgan fingerprint density at radius 2 is 2.00 bits per heavy atom. The van der Waals surface area contributed by atoms with E-state index in [0.29, 0.717) is 12.1 Å². The monoisotopic (exact) mass is 341 g/mol. The minimum atomic E-state index is -0.275. The molecule has 2 heterocycles. The number of thiophene rings is 1. The second kappa shape index (κ2) is 7.51. The summed E-state index contributed by atoms with van der Waals surface area (Å²) in [5.74, 6) is -0.288. The summed E-state index contributed by atoms with van der Waals surface area (Å²) >= 11 is 1.44. The average molecular weight is 341 g/mol. The van der Waals surface area contributed by atoms with E-state index in [-0.39, 0.29) is 24.3 Å². The molecule has 0 saturated carbocycles. The lowest BCUT2D eigenvalue weighted by Gasteiger charge is -2.05. The molecule has 0 fully saturated rings. The highest BCUT2D eigenvalue weighted by molar-refractivity contribution is 7.08. The van der Waals surface area contributed by atoms with Crippen molar-refractivity contribution in [3.63, 3.8) is 0 Å². The number of hydrogen-bond acceptors (Lipinski definition) is 5. The predicted octanol–water partition coefficient (Wildman–Crippen LogP) is 1.91. The van der Waals surface area contributed by atoms with Crippen molar-refractivity contribution in [2.45, 2.75) is 13.1 Å². The molecule has 0 saturated heterocycles. The molecule has 8 heteroatoms.